The first-order valence-corrected chi connectivity index (χ1v) is 18.5. The van der Waals surface area contributed by atoms with Crippen LogP contribution in [0.25, 0.3) is 0 Å². The van der Waals surface area contributed by atoms with E-state index in [4.69, 9.17) is 27.9 Å². The summed E-state index contributed by atoms with van der Waals surface area (Å²) in [7, 11) is -6.03. The van der Waals surface area contributed by atoms with Crippen molar-refractivity contribution < 1.29 is 22.2 Å². The van der Waals surface area contributed by atoms with Crippen molar-refractivity contribution in [3.8, 4) is 5.75 Å². The number of ether oxygens (including phenoxy) is 1. The fraction of sp³-hybridized carbons (Fsp3) is 0.375. The third-order valence-electron chi connectivity index (χ3n) is 9.15. The van der Waals surface area contributed by atoms with Crippen molar-refractivity contribution in [3.63, 3.8) is 0 Å². The van der Waals surface area contributed by atoms with Gasteiger partial charge >= 0.3 is 0 Å². The number of likely N-dealkylation sites (tertiary alicyclic amines) is 1. The molecule has 6 rings (SSSR count). The molecule has 0 bridgehead atoms. The van der Waals surface area contributed by atoms with Crippen molar-refractivity contribution in [1.29, 1.82) is 0 Å². The van der Waals surface area contributed by atoms with Gasteiger partial charge in [-0.2, -0.15) is 0 Å². The second-order valence-corrected chi connectivity index (χ2v) is 17.3. The number of hydrogen-bond acceptors (Lipinski definition) is 5. The Morgan fingerprint density at radius 3 is 2.38 bits per heavy atom. The van der Waals surface area contributed by atoms with E-state index in [1.807, 2.05) is 17.0 Å². The number of fused-ring (bicyclic) bond motifs is 3. The first-order valence-electron chi connectivity index (χ1n) is 14.2. The van der Waals surface area contributed by atoms with Gasteiger partial charge in [0.2, 0.25) is 5.91 Å². The van der Waals surface area contributed by atoms with E-state index in [0.29, 0.717) is 71.5 Å². The lowest BCUT2D eigenvalue weighted by Crippen LogP contribution is -2.53. The van der Waals surface area contributed by atoms with Crippen molar-refractivity contribution >= 4 is 54.3 Å². The van der Waals surface area contributed by atoms with Crippen LogP contribution in [0.5, 0.6) is 5.75 Å². The summed E-state index contributed by atoms with van der Waals surface area (Å²) in [6.07, 6.45) is 2.48. The molecule has 1 aliphatic carbocycles. The molecular weight excluding hydrogens is 613 g/mol. The van der Waals surface area contributed by atoms with Crippen LogP contribution in [0.4, 0.5) is 0 Å². The quantitative estimate of drug-likeness (QED) is 0.311. The Bertz CT molecular complexity index is 1710. The Morgan fingerprint density at radius 2 is 1.69 bits per heavy atom. The van der Waals surface area contributed by atoms with Crippen LogP contribution in [0.3, 0.4) is 0 Å². The summed E-state index contributed by atoms with van der Waals surface area (Å²) >= 11 is 12.7. The monoisotopic (exact) mass is 645 g/mol. The topological polar surface area (TPSA) is 80.8 Å². The lowest BCUT2D eigenvalue weighted by molar-refractivity contribution is -0.137. The van der Waals surface area contributed by atoms with E-state index in [1.54, 1.807) is 54.6 Å². The van der Waals surface area contributed by atoms with Gasteiger partial charge in [0.05, 0.1) is 10.9 Å². The number of halogens is 2. The van der Waals surface area contributed by atoms with Gasteiger partial charge in [0.1, 0.15) is 17.1 Å². The molecule has 42 heavy (non-hydrogen) atoms. The van der Waals surface area contributed by atoms with Gasteiger partial charge < -0.3 is 9.64 Å². The number of nitrogens with zero attached hydrogens (tertiary/aromatic N) is 1. The van der Waals surface area contributed by atoms with Crippen LogP contribution in [0.2, 0.25) is 10.0 Å². The summed E-state index contributed by atoms with van der Waals surface area (Å²) in [6, 6.07) is 18.9. The van der Waals surface area contributed by atoms with Gasteiger partial charge in [-0.05, 0) is 95.0 Å². The maximum absolute atomic E-state index is 14.6. The van der Waals surface area contributed by atoms with Crippen LogP contribution in [0, 0.1) is 5.92 Å². The molecule has 1 amide bonds. The number of carbonyl (C=O) groups is 1. The Hall–Kier alpha value is -2.52. The van der Waals surface area contributed by atoms with Gasteiger partial charge in [0, 0.05) is 39.6 Å². The molecule has 2 aliphatic heterocycles. The predicted octanol–water partition coefficient (Wildman–Crippen LogP) is 5.92. The highest BCUT2D eigenvalue weighted by atomic mass is 35.5. The third-order valence-corrected chi connectivity index (χ3v) is 14.4. The maximum Gasteiger partial charge on any atom is 0.226 e. The van der Waals surface area contributed by atoms with Crippen molar-refractivity contribution in [1.82, 2.24) is 4.90 Å². The Labute approximate surface area is 257 Å². The molecule has 0 unspecified atom stereocenters. The van der Waals surface area contributed by atoms with E-state index in [2.05, 4.69) is 5.87 Å². The van der Waals surface area contributed by atoms with E-state index in [0.717, 1.165) is 11.1 Å². The molecule has 0 saturated carbocycles. The third kappa shape index (κ3) is 5.04. The Kier molecular flexibility index (Phi) is 7.88. The summed E-state index contributed by atoms with van der Waals surface area (Å²) in [6.45, 7) is 0.533. The zero-order valence-electron chi connectivity index (χ0n) is 23.1. The summed E-state index contributed by atoms with van der Waals surface area (Å²) < 4.78 is 46.5. The fourth-order valence-corrected chi connectivity index (χ4v) is 11.5. The fourth-order valence-electron chi connectivity index (χ4n) is 6.94. The van der Waals surface area contributed by atoms with Gasteiger partial charge in [-0.1, -0.05) is 53.5 Å². The van der Waals surface area contributed by atoms with Crippen LogP contribution < -0.4 is 4.74 Å². The molecule has 0 N–H and O–H groups in total. The lowest BCUT2D eigenvalue weighted by Gasteiger charge is -2.43. The Morgan fingerprint density at radius 1 is 1.00 bits per heavy atom. The van der Waals surface area contributed by atoms with E-state index in [9.17, 15) is 17.4 Å². The molecule has 222 valence electrons. The van der Waals surface area contributed by atoms with E-state index >= 15 is 0 Å². The van der Waals surface area contributed by atoms with Crippen molar-refractivity contribution in [2.45, 2.75) is 54.4 Å². The van der Waals surface area contributed by atoms with Gasteiger partial charge in [0.15, 0.2) is 9.84 Å². The molecule has 0 aromatic heterocycles. The largest absolute Gasteiger partial charge is 0.489 e. The SMILES string of the molecule is C=S1(=O)CCC(C(=O)N2CC[C@@]3(S(=O)(=O)c4ccccc4)c4ccc(OCc5c(Cl)cccc5Cl)cc4CC[C@@H]23)CC1. The molecule has 3 aliphatic rings. The minimum absolute atomic E-state index is 0.0277. The number of aryl methyl sites for hydroxylation is 1. The summed E-state index contributed by atoms with van der Waals surface area (Å²) in [5.41, 5.74) is 2.31. The van der Waals surface area contributed by atoms with Crippen LogP contribution in [0.15, 0.2) is 71.6 Å². The average Bonchev–Trinajstić information content (AvgIpc) is 3.39. The number of carbonyl (C=O) groups excluding carboxylic acids is 1. The van der Waals surface area contributed by atoms with Crippen molar-refractivity contribution in [2.24, 2.45) is 5.92 Å². The molecule has 2 fully saturated rings. The van der Waals surface area contributed by atoms with Crippen LogP contribution in [-0.4, -0.2) is 53.4 Å². The standard InChI is InChI=1S/C32H33Cl2NO5S2/c1-41(37)18-14-22(15-19-41)31(36)35-17-16-32(42(38,39)25-6-3-2-4-7-25)27-12-11-24(20-23(27)10-13-30(32)35)40-21-26-28(33)8-5-9-29(26)34/h2-9,11-12,20,22,30H,1,10,13-19,21H2/t22?,30-,32-,41?/m1/s1. The number of sulfone groups is 1. The molecule has 3 aromatic carbocycles. The van der Waals surface area contributed by atoms with Crippen molar-refractivity contribution in [3.05, 3.63) is 93.5 Å². The molecule has 2 heterocycles. The molecule has 0 spiro atoms. The summed E-state index contributed by atoms with van der Waals surface area (Å²) in [5, 5.41) is 1.03. The van der Waals surface area contributed by atoms with Crippen LogP contribution in [0.1, 0.15) is 42.4 Å². The van der Waals surface area contributed by atoms with Crippen molar-refractivity contribution in [2.75, 3.05) is 18.1 Å². The molecular formula is C32H33Cl2NO5S2. The zero-order valence-corrected chi connectivity index (χ0v) is 26.3. The summed E-state index contributed by atoms with van der Waals surface area (Å²) in [4.78, 5) is 16.0. The zero-order chi connectivity index (χ0) is 29.7. The van der Waals surface area contributed by atoms with E-state index in [1.165, 1.54) is 0 Å². The van der Waals surface area contributed by atoms with Gasteiger partial charge in [-0.25, -0.2) is 8.42 Å². The van der Waals surface area contributed by atoms with Gasteiger partial charge in [-0.3, -0.25) is 9.00 Å². The second kappa shape index (κ2) is 11.2. The van der Waals surface area contributed by atoms with E-state index in [-0.39, 0.29) is 23.3 Å². The minimum Gasteiger partial charge on any atom is -0.489 e. The van der Waals surface area contributed by atoms with Gasteiger partial charge in [0.25, 0.3) is 0 Å². The van der Waals surface area contributed by atoms with Crippen LogP contribution >= 0.6 is 23.2 Å². The molecule has 10 heteroatoms. The molecule has 2 saturated heterocycles. The van der Waals surface area contributed by atoms with Crippen LogP contribution in [-0.2, 0) is 41.9 Å². The van der Waals surface area contributed by atoms with E-state index < -0.39 is 30.1 Å². The maximum atomic E-state index is 14.6. The highest BCUT2D eigenvalue weighted by molar-refractivity contribution is 8.00. The molecule has 2 atom stereocenters. The lowest BCUT2D eigenvalue weighted by atomic mass is 9.78. The first kappa shape index (κ1) is 29.5. The predicted molar refractivity (Wildman–Crippen MR) is 169 cm³/mol. The minimum atomic E-state index is -3.89. The second-order valence-electron chi connectivity index (χ2n) is 11.5. The molecule has 6 nitrogen and oxygen atoms in total. The molecule has 0 radical (unpaired) electrons. The number of benzene rings is 3. The first-order chi connectivity index (χ1) is 20.0. The highest BCUT2D eigenvalue weighted by Gasteiger charge is 2.61. The average molecular weight is 647 g/mol. The highest BCUT2D eigenvalue weighted by Crippen LogP contribution is 2.53. The Balaban J connectivity index is 1.36. The number of amides is 1. The smallest absolute Gasteiger partial charge is 0.226 e. The number of rotatable bonds is 6. The van der Waals surface area contributed by atoms with Gasteiger partial charge in [-0.15, -0.1) is 0 Å². The normalized spacial score (nSPS) is 27.2. The summed E-state index contributed by atoms with van der Waals surface area (Å²) in [5.74, 6) is 5.01. The molecule has 3 aromatic rings. The number of hydrogen-bond donors (Lipinski definition) is 0.